The summed E-state index contributed by atoms with van der Waals surface area (Å²) in [5, 5.41) is 8.32. The average molecular weight is 256 g/mol. The van der Waals surface area contributed by atoms with Gasteiger partial charge in [-0.15, -0.1) is 10.2 Å². The van der Waals surface area contributed by atoms with Gasteiger partial charge >= 0.3 is 0 Å². The van der Waals surface area contributed by atoms with Gasteiger partial charge in [0, 0.05) is 5.56 Å². The Labute approximate surface area is 102 Å². The van der Waals surface area contributed by atoms with Gasteiger partial charge in [-0.25, -0.2) is 4.98 Å². The molecule has 0 aliphatic rings. The maximum Gasteiger partial charge on any atom is 0.159 e. The minimum atomic E-state index is 0.266. The first-order valence-corrected chi connectivity index (χ1v) is 5.15. The highest BCUT2D eigenvalue weighted by atomic mass is 35.5. The highest BCUT2D eigenvalue weighted by Crippen LogP contribution is 2.32. The molecule has 16 heavy (non-hydrogen) atoms. The van der Waals surface area contributed by atoms with Gasteiger partial charge in [0.1, 0.15) is 17.8 Å². The Morgan fingerprint density at radius 2 is 2.06 bits per heavy atom. The zero-order chi connectivity index (χ0) is 11.5. The first kappa shape index (κ1) is 11.1. The van der Waals surface area contributed by atoms with Crippen molar-refractivity contribution >= 4 is 23.2 Å². The lowest BCUT2D eigenvalue weighted by atomic mass is 10.1. The van der Waals surface area contributed by atoms with Gasteiger partial charge in [0.15, 0.2) is 5.15 Å². The molecule has 0 amide bonds. The number of ether oxygens (including phenoxy) is 1. The molecule has 0 unspecified atom stereocenters. The van der Waals surface area contributed by atoms with Crippen LogP contribution >= 0.6 is 23.2 Å². The summed E-state index contributed by atoms with van der Waals surface area (Å²) >= 11 is 12.0. The van der Waals surface area contributed by atoms with Crippen LogP contribution in [-0.2, 0) is 0 Å². The third-order valence-electron chi connectivity index (χ3n) is 2.01. The van der Waals surface area contributed by atoms with Gasteiger partial charge in [0.05, 0.1) is 12.1 Å². The van der Waals surface area contributed by atoms with Crippen molar-refractivity contribution in [3.05, 3.63) is 34.7 Å². The van der Waals surface area contributed by atoms with Crippen molar-refractivity contribution in [1.29, 1.82) is 0 Å². The zero-order valence-corrected chi connectivity index (χ0v) is 9.83. The molecule has 2 rings (SSSR count). The van der Waals surface area contributed by atoms with Crippen LogP contribution in [0.15, 0.2) is 24.5 Å². The molecule has 0 atom stereocenters. The summed E-state index contributed by atoms with van der Waals surface area (Å²) in [5.41, 5.74) is 1.13. The van der Waals surface area contributed by atoms with Crippen molar-refractivity contribution in [3.8, 4) is 17.0 Å². The van der Waals surface area contributed by atoms with Crippen LogP contribution < -0.4 is 4.74 Å². The summed E-state index contributed by atoms with van der Waals surface area (Å²) in [6.45, 7) is 0. The van der Waals surface area contributed by atoms with E-state index in [1.54, 1.807) is 25.3 Å². The highest BCUT2D eigenvalue weighted by Gasteiger charge is 2.11. The van der Waals surface area contributed by atoms with Crippen LogP contribution in [0.4, 0.5) is 0 Å². The Morgan fingerprint density at radius 1 is 1.25 bits per heavy atom. The van der Waals surface area contributed by atoms with Gasteiger partial charge in [0.2, 0.25) is 0 Å². The fourth-order valence-electron chi connectivity index (χ4n) is 1.24. The van der Waals surface area contributed by atoms with Crippen molar-refractivity contribution in [2.75, 3.05) is 7.11 Å². The monoisotopic (exact) mass is 255 g/mol. The van der Waals surface area contributed by atoms with Crippen LogP contribution in [0.3, 0.4) is 0 Å². The normalized spacial score (nSPS) is 10.2. The Morgan fingerprint density at radius 3 is 2.69 bits per heavy atom. The first-order valence-electron chi connectivity index (χ1n) is 4.39. The molecule has 2 aromatic rings. The molecule has 1 heterocycles. The molecule has 0 fully saturated rings. The molecule has 0 aliphatic heterocycles. The second kappa shape index (κ2) is 4.63. The number of rotatable bonds is 2. The fourth-order valence-corrected chi connectivity index (χ4v) is 1.69. The molecule has 6 heteroatoms. The van der Waals surface area contributed by atoms with Crippen LogP contribution in [0, 0.1) is 0 Å². The summed E-state index contributed by atoms with van der Waals surface area (Å²) in [5.74, 6) is 0.668. The Bertz CT molecular complexity index is 519. The Hall–Kier alpha value is -1.39. The van der Waals surface area contributed by atoms with Crippen LogP contribution in [0.2, 0.25) is 10.2 Å². The number of benzene rings is 1. The number of hydrogen-bond donors (Lipinski definition) is 0. The van der Waals surface area contributed by atoms with Crippen molar-refractivity contribution in [1.82, 2.24) is 15.2 Å². The van der Waals surface area contributed by atoms with Gasteiger partial charge in [-0.1, -0.05) is 23.2 Å². The molecule has 0 N–H and O–H groups in total. The van der Waals surface area contributed by atoms with E-state index in [-0.39, 0.29) is 5.15 Å². The minimum Gasteiger partial charge on any atom is -0.497 e. The number of methoxy groups -OCH3 is 1. The first-order chi connectivity index (χ1) is 7.72. The molecule has 0 spiro atoms. The van der Waals surface area contributed by atoms with Gasteiger partial charge in [-0.2, -0.15) is 0 Å². The maximum atomic E-state index is 6.08. The minimum absolute atomic E-state index is 0.266. The summed E-state index contributed by atoms with van der Waals surface area (Å²) < 4.78 is 5.05. The summed E-state index contributed by atoms with van der Waals surface area (Å²) in [6.07, 6.45) is 1.28. The van der Waals surface area contributed by atoms with E-state index in [4.69, 9.17) is 27.9 Å². The molecule has 4 nitrogen and oxygen atoms in total. The number of halogens is 2. The highest BCUT2D eigenvalue weighted by molar-refractivity contribution is 6.35. The lowest BCUT2D eigenvalue weighted by Gasteiger charge is -2.05. The Kier molecular flexibility index (Phi) is 3.22. The Balaban J connectivity index is 2.53. The summed E-state index contributed by atoms with van der Waals surface area (Å²) in [4.78, 5) is 3.84. The largest absolute Gasteiger partial charge is 0.497 e. The van der Waals surface area contributed by atoms with E-state index in [0.29, 0.717) is 22.0 Å². The van der Waals surface area contributed by atoms with Crippen molar-refractivity contribution < 1.29 is 4.74 Å². The van der Waals surface area contributed by atoms with Gasteiger partial charge in [-0.3, -0.25) is 0 Å². The molecular weight excluding hydrogens is 249 g/mol. The van der Waals surface area contributed by atoms with Gasteiger partial charge in [-0.05, 0) is 18.2 Å². The number of hydrogen-bond acceptors (Lipinski definition) is 4. The topological polar surface area (TPSA) is 47.9 Å². The van der Waals surface area contributed by atoms with E-state index >= 15 is 0 Å². The van der Waals surface area contributed by atoms with Crippen LogP contribution in [0.1, 0.15) is 0 Å². The molecule has 1 aromatic carbocycles. The van der Waals surface area contributed by atoms with Crippen LogP contribution in [0.25, 0.3) is 11.3 Å². The lowest BCUT2D eigenvalue weighted by molar-refractivity contribution is 0.415. The molecule has 82 valence electrons. The zero-order valence-electron chi connectivity index (χ0n) is 8.32. The average Bonchev–Trinajstić information content (AvgIpc) is 2.30. The van der Waals surface area contributed by atoms with Crippen LogP contribution in [-0.4, -0.2) is 22.3 Å². The standard InChI is InChI=1S/C10H7Cl2N3O/c1-16-6-2-3-7(8(11)4-6)9-10(12)13-5-14-15-9/h2-5H,1H3. The van der Waals surface area contributed by atoms with Crippen molar-refractivity contribution in [3.63, 3.8) is 0 Å². The molecule has 1 aromatic heterocycles. The molecular formula is C10H7Cl2N3O. The van der Waals surface area contributed by atoms with E-state index in [1.165, 1.54) is 6.33 Å². The number of aromatic nitrogens is 3. The molecule has 0 saturated heterocycles. The molecule has 0 radical (unpaired) electrons. The summed E-state index contributed by atoms with van der Waals surface area (Å²) in [7, 11) is 1.57. The summed E-state index contributed by atoms with van der Waals surface area (Å²) in [6, 6.07) is 5.22. The SMILES string of the molecule is COc1ccc(-c2nncnc2Cl)c(Cl)c1. The van der Waals surface area contributed by atoms with Crippen molar-refractivity contribution in [2.24, 2.45) is 0 Å². The fraction of sp³-hybridized carbons (Fsp3) is 0.100. The molecule has 0 bridgehead atoms. The van der Waals surface area contributed by atoms with Crippen molar-refractivity contribution in [2.45, 2.75) is 0 Å². The predicted molar refractivity (Wildman–Crippen MR) is 61.8 cm³/mol. The lowest BCUT2D eigenvalue weighted by Crippen LogP contribution is -1.92. The number of nitrogens with zero attached hydrogens (tertiary/aromatic N) is 3. The van der Waals surface area contributed by atoms with E-state index in [9.17, 15) is 0 Å². The van der Waals surface area contributed by atoms with Crippen LogP contribution in [0.5, 0.6) is 5.75 Å². The molecule has 0 aliphatic carbocycles. The van der Waals surface area contributed by atoms with E-state index in [0.717, 1.165) is 0 Å². The quantitative estimate of drug-likeness (QED) is 0.828. The van der Waals surface area contributed by atoms with Gasteiger partial charge < -0.3 is 4.74 Å². The second-order valence-electron chi connectivity index (χ2n) is 2.95. The van der Waals surface area contributed by atoms with E-state index < -0.39 is 0 Å². The third kappa shape index (κ3) is 2.08. The van der Waals surface area contributed by atoms with Gasteiger partial charge in [0.25, 0.3) is 0 Å². The molecule has 0 saturated carbocycles. The smallest absolute Gasteiger partial charge is 0.159 e. The third-order valence-corrected chi connectivity index (χ3v) is 2.60. The maximum absolute atomic E-state index is 6.08. The second-order valence-corrected chi connectivity index (χ2v) is 3.71. The predicted octanol–water partition coefficient (Wildman–Crippen LogP) is 2.85. The van der Waals surface area contributed by atoms with E-state index in [1.807, 2.05) is 0 Å². The van der Waals surface area contributed by atoms with E-state index in [2.05, 4.69) is 15.2 Å².